The molecule has 150 valence electrons. The number of nitro groups is 1. The molecular weight excluding hydrogens is 388 g/mol. The fourth-order valence-electron chi connectivity index (χ4n) is 3.09. The topological polar surface area (TPSA) is 120 Å². The molecule has 1 N–H and O–H groups in total. The van der Waals surface area contributed by atoms with E-state index in [2.05, 4.69) is 10.3 Å². The number of imidazole rings is 1. The van der Waals surface area contributed by atoms with Gasteiger partial charge >= 0.3 is 5.63 Å². The summed E-state index contributed by atoms with van der Waals surface area (Å²) in [5.41, 5.74) is 0.750. The average molecular weight is 404 g/mol. The van der Waals surface area contributed by atoms with Gasteiger partial charge in [0.25, 0.3) is 11.6 Å². The van der Waals surface area contributed by atoms with Crippen LogP contribution in [0.4, 0.5) is 5.69 Å². The third-order valence-corrected chi connectivity index (χ3v) is 4.71. The van der Waals surface area contributed by atoms with E-state index in [1.165, 1.54) is 24.3 Å². The standard InChI is InChI=1S/C21H16N4O5/c1-13(14-2-4-16(5-3-14)24-9-8-22-12-24)23-20(26)18-11-15-10-17(25(28)29)6-7-19(15)30-21(18)27/h2-13H,1H3,(H,23,26)/t13-/m0/s1. The van der Waals surface area contributed by atoms with E-state index in [0.717, 1.165) is 11.3 Å². The number of nitrogens with one attached hydrogen (secondary N) is 1. The molecule has 9 heteroatoms. The van der Waals surface area contributed by atoms with Gasteiger partial charge in [0.05, 0.1) is 17.3 Å². The summed E-state index contributed by atoms with van der Waals surface area (Å²) < 4.78 is 7.00. The molecule has 0 aliphatic heterocycles. The molecule has 0 unspecified atom stereocenters. The lowest BCUT2D eigenvalue weighted by Crippen LogP contribution is -2.30. The fourth-order valence-corrected chi connectivity index (χ4v) is 3.09. The number of fused-ring (bicyclic) bond motifs is 1. The van der Waals surface area contributed by atoms with E-state index in [0.29, 0.717) is 5.39 Å². The molecular formula is C21H16N4O5. The van der Waals surface area contributed by atoms with Crippen LogP contribution in [0.25, 0.3) is 16.7 Å². The second kappa shape index (κ2) is 7.63. The minimum atomic E-state index is -0.809. The Morgan fingerprint density at radius 3 is 2.63 bits per heavy atom. The molecule has 4 aromatic rings. The second-order valence-electron chi connectivity index (χ2n) is 6.68. The molecule has 1 amide bonds. The van der Waals surface area contributed by atoms with Crippen molar-refractivity contribution in [3.63, 3.8) is 0 Å². The van der Waals surface area contributed by atoms with Gasteiger partial charge in [-0.2, -0.15) is 0 Å². The lowest BCUT2D eigenvalue weighted by Gasteiger charge is -2.15. The SMILES string of the molecule is C[C@H](NC(=O)c1cc2cc([N+](=O)[O-])ccc2oc1=O)c1ccc(-n2ccnc2)cc1. The Kier molecular flexibility index (Phi) is 4.85. The summed E-state index contributed by atoms with van der Waals surface area (Å²) in [6, 6.07) is 12.3. The number of benzene rings is 2. The van der Waals surface area contributed by atoms with Crippen molar-refractivity contribution in [3.8, 4) is 5.69 Å². The van der Waals surface area contributed by atoms with E-state index in [1.54, 1.807) is 19.4 Å². The van der Waals surface area contributed by atoms with Gasteiger partial charge in [-0.3, -0.25) is 14.9 Å². The molecule has 0 saturated heterocycles. The van der Waals surface area contributed by atoms with Gasteiger partial charge in [-0.25, -0.2) is 9.78 Å². The molecule has 4 rings (SSSR count). The third kappa shape index (κ3) is 3.68. The van der Waals surface area contributed by atoms with Crippen molar-refractivity contribution >= 4 is 22.6 Å². The average Bonchev–Trinajstić information content (AvgIpc) is 3.27. The van der Waals surface area contributed by atoms with Crippen LogP contribution in [-0.4, -0.2) is 20.4 Å². The van der Waals surface area contributed by atoms with Crippen molar-refractivity contribution in [2.75, 3.05) is 0 Å². The summed E-state index contributed by atoms with van der Waals surface area (Å²) >= 11 is 0. The van der Waals surface area contributed by atoms with Crippen LogP contribution in [0.3, 0.4) is 0 Å². The highest BCUT2D eigenvalue weighted by Crippen LogP contribution is 2.21. The molecule has 0 aliphatic carbocycles. The molecule has 0 aliphatic rings. The number of aromatic nitrogens is 2. The van der Waals surface area contributed by atoms with Gasteiger partial charge in [0.2, 0.25) is 0 Å². The van der Waals surface area contributed by atoms with E-state index < -0.39 is 16.5 Å². The van der Waals surface area contributed by atoms with Gasteiger partial charge in [0, 0.05) is 35.6 Å². The Bertz CT molecular complexity index is 1290. The van der Waals surface area contributed by atoms with Crippen molar-refractivity contribution in [3.05, 3.63) is 98.9 Å². The number of carbonyl (C=O) groups is 1. The summed E-state index contributed by atoms with van der Waals surface area (Å²) in [5, 5.41) is 14.0. The van der Waals surface area contributed by atoms with Crippen LogP contribution in [0.2, 0.25) is 0 Å². The fraction of sp³-hybridized carbons (Fsp3) is 0.0952. The number of non-ortho nitro benzene ring substituents is 1. The molecule has 0 fully saturated rings. The van der Waals surface area contributed by atoms with E-state index >= 15 is 0 Å². The van der Waals surface area contributed by atoms with Crippen LogP contribution >= 0.6 is 0 Å². The second-order valence-corrected chi connectivity index (χ2v) is 6.68. The van der Waals surface area contributed by atoms with E-state index in [4.69, 9.17) is 4.42 Å². The number of carbonyl (C=O) groups excluding carboxylic acids is 1. The van der Waals surface area contributed by atoms with Crippen LogP contribution in [0.1, 0.15) is 28.9 Å². The van der Waals surface area contributed by atoms with Gasteiger partial charge in [0.1, 0.15) is 11.1 Å². The molecule has 2 aromatic heterocycles. The van der Waals surface area contributed by atoms with Gasteiger partial charge < -0.3 is 14.3 Å². The van der Waals surface area contributed by atoms with Crippen molar-refractivity contribution in [1.82, 2.24) is 14.9 Å². The molecule has 2 heterocycles. The number of amides is 1. The van der Waals surface area contributed by atoms with Crippen LogP contribution < -0.4 is 10.9 Å². The zero-order valence-electron chi connectivity index (χ0n) is 15.8. The van der Waals surface area contributed by atoms with Crippen molar-refractivity contribution in [2.24, 2.45) is 0 Å². The molecule has 2 aromatic carbocycles. The van der Waals surface area contributed by atoms with Gasteiger partial charge in [-0.05, 0) is 36.8 Å². The number of rotatable bonds is 5. The quantitative estimate of drug-likeness (QED) is 0.309. The van der Waals surface area contributed by atoms with Crippen LogP contribution in [0.5, 0.6) is 0 Å². The number of nitro benzene ring substituents is 1. The van der Waals surface area contributed by atoms with Crippen LogP contribution in [-0.2, 0) is 0 Å². The molecule has 0 bridgehead atoms. The molecule has 1 atom stereocenters. The third-order valence-electron chi connectivity index (χ3n) is 4.71. The maximum absolute atomic E-state index is 12.6. The van der Waals surface area contributed by atoms with Crippen molar-refractivity contribution in [2.45, 2.75) is 13.0 Å². The first kappa shape index (κ1) is 19.1. The summed E-state index contributed by atoms with van der Waals surface area (Å²) in [7, 11) is 0. The normalized spacial score (nSPS) is 11.9. The van der Waals surface area contributed by atoms with Crippen molar-refractivity contribution < 1.29 is 14.1 Å². The molecule has 30 heavy (non-hydrogen) atoms. The summed E-state index contributed by atoms with van der Waals surface area (Å²) in [6.07, 6.45) is 5.19. The van der Waals surface area contributed by atoms with Gasteiger partial charge in [-0.15, -0.1) is 0 Å². The van der Waals surface area contributed by atoms with Crippen molar-refractivity contribution in [1.29, 1.82) is 0 Å². The van der Waals surface area contributed by atoms with E-state index in [9.17, 15) is 19.7 Å². The monoisotopic (exact) mass is 404 g/mol. The highest BCUT2D eigenvalue weighted by Gasteiger charge is 2.18. The van der Waals surface area contributed by atoms with Gasteiger partial charge in [-0.1, -0.05) is 12.1 Å². The Morgan fingerprint density at radius 1 is 1.20 bits per heavy atom. The van der Waals surface area contributed by atoms with Gasteiger partial charge in [0.15, 0.2) is 0 Å². The zero-order valence-corrected chi connectivity index (χ0v) is 15.8. The minimum absolute atomic E-state index is 0.158. The van der Waals surface area contributed by atoms with Crippen LogP contribution in [0, 0.1) is 10.1 Å². The highest BCUT2D eigenvalue weighted by molar-refractivity contribution is 5.97. The Labute approximate surface area is 169 Å². The summed E-state index contributed by atoms with van der Waals surface area (Å²) in [5.74, 6) is -0.622. The maximum atomic E-state index is 12.6. The smallest absolute Gasteiger partial charge is 0.349 e. The Morgan fingerprint density at radius 2 is 1.97 bits per heavy atom. The molecule has 0 spiro atoms. The molecule has 0 saturated carbocycles. The number of hydrogen-bond acceptors (Lipinski definition) is 6. The largest absolute Gasteiger partial charge is 0.422 e. The predicted octanol–water partition coefficient (Wildman–Crippen LogP) is 3.38. The first-order valence-corrected chi connectivity index (χ1v) is 9.04. The number of nitrogens with zero attached hydrogens (tertiary/aromatic N) is 3. The first-order valence-electron chi connectivity index (χ1n) is 9.04. The number of hydrogen-bond donors (Lipinski definition) is 1. The van der Waals surface area contributed by atoms with E-state index in [1.807, 2.05) is 35.0 Å². The summed E-state index contributed by atoms with van der Waals surface area (Å²) in [4.78, 5) is 39.3. The lowest BCUT2D eigenvalue weighted by molar-refractivity contribution is -0.384. The highest BCUT2D eigenvalue weighted by atomic mass is 16.6. The maximum Gasteiger partial charge on any atom is 0.349 e. The minimum Gasteiger partial charge on any atom is -0.422 e. The summed E-state index contributed by atoms with van der Waals surface area (Å²) in [6.45, 7) is 1.79. The molecule has 9 nitrogen and oxygen atoms in total. The van der Waals surface area contributed by atoms with Crippen LogP contribution in [0.15, 0.2) is 76.5 Å². The molecule has 0 radical (unpaired) electrons. The Hall–Kier alpha value is -4.27. The first-order chi connectivity index (χ1) is 14.4. The zero-order chi connectivity index (χ0) is 21.3. The lowest BCUT2D eigenvalue weighted by atomic mass is 10.1. The predicted molar refractivity (Wildman–Crippen MR) is 109 cm³/mol. The van der Waals surface area contributed by atoms with E-state index in [-0.39, 0.29) is 22.9 Å². The Balaban J connectivity index is 1.56.